The number of amides is 1. The predicted molar refractivity (Wildman–Crippen MR) is 130 cm³/mol. The molecule has 0 saturated heterocycles. The number of aromatic nitrogens is 1. The molecule has 10 heteroatoms. The number of nitrogens with zero attached hydrogens (tertiary/aromatic N) is 2. The van der Waals surface area contributed by atoms with Gasteiger partial charge in [0.25, 0.3) is 5.91 Å². The first kappa shape index (κ1) is 23.7. The van der Waals surface area contributed by atoms with Crippen molar-refractivity contribution in [2.75, 3.05) is 39.9 Å². The van der Waals surface area contributed by atoms with Gasteiger partial charge in [0.05, 0.1) is 27.9 Å². The van der Waals surface area contributed by atoms with Crippen molar-refractivity contribution in [1.82, 2.24) is 10.3 Å². The number of guanidine groups is 1. The van der Waals surface area contributed by atoms with Gasteiger partial charge >= 0.3 is 0 Å². The summed E-state index contributed by atoms with van der Waals surface area (Å²) < 4.78 is 27.3. The number of carbonyl (C=O) groups is 1. The molecule has 1 aliphatic heterocycles. The lowest BCUT2D eigenvalue weighted by atomic mass is 10.1. The predicted octanol–water partition coefficient (Wildman–Crippen LogP) is 3.28. The summed E-state index contributed by atoms with van der Waals surface area (Å²) in [6.45, 7) is 1.30. The standard InChI is InChI=1S/C25H26N4O6/c1-31-21-12-17(13-22(32-2)23(21)33-3)24(30)29-25(27-15-16-6-8-26-9-7-16)28-18-4-5-19-20(14-18)35-11-10-34-19/h4-9,12-14H,10-11,15H2,1-3H3,(H2,27,28,29,30). The fourth-order valence-electron chi connectivity index (χ4n) is 3.42. The Morgan fingerprint density at radius 3 is 2.29 bits per heavy atom. The molecule has 0 saturated carbocycles. The van der Waals surface area contributed by atoms with Crippen LogP contribution in [0, 0.1) is 0 Å². The highest BCUT2D eigenvalue weighted by atomic mass is 16.6. The summed E-state index contributed by atoms with van der Waals surface area (Å²) in [6, 6.07) is 12.3. The van der Waals surface area contributed by atoms with E-state index in [1.165, 1.54) is 21.3 Å². The van der Waals surface area contributed by atoms with Gasteiger partial charge in [-0.25, -0.2) is 4.99 Å². The van der Waals surface area contributed by atoms with E-state index in [2.05, 4.69) is 20.6 Å². The largest absolute Gasteiger partial charge is 0.493 e. The Morgan fingerprint density at radius 2 is 1.63 bits per heavy atom. The van der Waals surface area contributed by atoms with E-state index < -0.39 is 5.91 Å². The second kappa shape index (κ2) is 11.1. The maximum Gasteiger partial charge on any atom is 0.258 e. The van der Waals surface area contributed by atoms with Gasteiger partial charge in [-0.3, -0.25) is 15.1 Å². The lowest BCUT2D eigenvalue weighted by Gasteiger charge is -2.20. The molecule has 1 amide bonds. The second-order valence-electron chi connectivity index (χ2n) is 7.37. The zero-order valence-electron chi connectivity index (χ0n) is 19.7. The van der Waals surface area contributed by atoms with Crippen LogP contribution in [0.5, 0.6) is 28.7 Å². The number of benzene rings is 2. The highest BCUT2D eigenvalue weighted by molar-refractivity contribution is 6.10. The maximum absolute atomic E-state index is 13.2. The van der Waals surface area contributed by atoms with Crippen LogP contribution in [0.4, 0.5) is 5.69 Å². The lowest BCUT2D eigenvalue weighted by Crippen LogP contribution is -2.36. The number of rotatable bonds is 7. The molecule has 2 aromatic carbocycles. The van der Waals surface area contributed by atoms with E-state index in [4.69, 9.17) is 23.7 Å². The van der Waals surface area contributed by atoms with E-state index >= 15 is 0 Å². The summed E-state index contributed by atoms with van der Waals surface area (Å²) in [6.07, 6.45) is 3.38. The summed E-state index contributed by atoms with van der Waals surface area (Å²) in [5, 5.41) is 5.99. The van der Waals surface area contributed by atoms with E-state index in [0.29, 0.717) is 59.8 Å². The summed E-state index contributed by atoms with van der Waals surface area (Å²) in [4.78, 5) is 21.8. The topological polar surface area (TPSA) is 113 Å². The van der Waals surface area contributed by atoms with Crippen molar-refractivity contribution in [3.63, 3.8) is 0 Å². The normalized spacial score (nSPS) is 12.5. The van der Waals surface area contributed by atoms with Gasteiger partial charge in [-0.15, -0.1) is 0 Å². The number of anilines is 1. The van der Waals surface area contributed by atoms with Crippen LogP contribution in [0.2, 0.25) is 0 Å². The highest BCUT2D eigenvalue weighted by Crippen LogP contribution is 2.38. The monoisotopic (exact) mass is 478 g/mol. The molecule has 35 heavy (non-hydrogen) atoms. The Balaban J connectivity index is 1.60. The molecule has 3 aromatic rings. The first-order valence-electron chi connectivity index (χ1n) is 10.8. The fourth-order valence-corrected chi connectivity index (χ4v) is 3.42. The van der Waals surface area contributed by atoms with Crippen LogP contribution in [0.3, 0.4) is 0 Å². The SMILES string of the molecule is COc1cc(C(=O)NC(=NCc2ccncc2)Nc2ccc3c(c2)OCCO3)cc(OC)c1OC. The number of fused-ring (bicyclic) bond motifs is 1. The molecule has 2 N–H and O–H groups in total. The average molecular weight is 479 g/mol. The number of methoxy groups -OCH3 is 3. The van der Waals surface area contributed by atoms with Crippen LogP contribution in [0.1, 0.15) is 15.9 Å². The van der Waals surface area contributed by atoms with Crippen molar-refractivity contribution in [3.8, 4) is 28.7 Å². The van der Waals surface area contributed by atoms with Gasteiger partial charge in [0.15, 0.2) is 23.0 Å². The van der Waals surface area contributed by atoms with Crippen LogP contribution in [0.15, 0.2) is 59.9 Å². The van der Waals surface area contributed by atoms with Crippen molar-refractivity contribution >= 4 is 17.6 Å². The zero-order chi connectivity index (χ0) is 24.6. The molecule has 10 nitrogen and oxygen atoms in total. The van der Waals surface area contributed by atoms with Crippen molar-refractivity contribution < 1.29 is 28.5 Å². The van der Waals surface area contributed by atoms with Gasteiger partial charge in [-0.1, -0.05) is 0 Å². The zero-order valence-corrected chi connectivity index (χ0v) is 19.7. The van der Waals surface area contributed by atoms with Crippen molar-refractivity contribution in [3.05, 3.63) is 66.0 Å². The maximum atomic E-state index is 13.2. The quantitative estimate of drug-likeness (QED) is 0.393. The van der Waals surface area contributed by atoms with E-state index in [-0.39, 0.29) is 5.96 Å². The number of aliphatic imine (C=N–C) groups is 1. The summed E-state index contributed by atoms with van der Waals surface area (Å²) >= 11 is 0. The van der Waals surface area contributed by atoms with E-state index in [1.807, 2.05) is 18.2 Å². The third-order valence-electron chi connectivity index (χ3n) is 5.13. The molecule has 182 valence electrons. The van der Waals surface area contributed by atoms with Crippen molar-refractivity contribution in [2.24, 2.45) is 4.99 Å². The molecule has 0 spiro atoms. The molecule has 0 aliphatic carbocycles. The molecule has 0 radical (unpaired) electrons. The highest BCUT2D eigenvalue weighted by Gasteiger charge is 2.19. The Bertz CT molecular complexity index is 1190. The minimum Gasteiger partial charge on any atom is -0.493 e. The number of hydrogen-bond acceptors (Lipinski definition) is 8. The Kier molecular flexibility index (Phi) is 7.51. The third-order valence-corrected chi connectivity index (χ3v) is 5.13. The molecule has 0 fully saturated rings. The Morgan fingerprint density at radius 1 is 0.943 bits per heavy atom. The first-order valence-corrected chi connectivity index (χ1v) is 10.8. The number of ether oxygens (including phenoxy) is 5. The van der Waals surface area contributed by atoms with Gasteiger partial charge in [0, 0.05) is 29.7 Å². The molecule has 2 heterocycles. The van der Waals surface area contributed by atoms with Crippen molar-refractivity contribution in [1.29, 1.82) is 0 Å². The molecule has 0 bridgehead atoms. The van der Waals surface area contributed by atoms with Crippen LogP contribution in [0.25, 0.3) is 0 Å². The number of pyridine rings is 1. The second-order valence-corrected chi connectivity index (χ2v) is 7.37. The molecular formula is C25H26N4O6. The molecular weight excluding hydrogens is 452 g/mol. The number of hydrogen-bond donors (Lipinski definition) is 2. The Labute approximate surface area is 202 Å². The molecule has 1 aromatic heterocycles. The smallest absolute Gasteiger partial charge is 0.258 e. The minimum absolute atomic E-state index is 0.247. The van der Waals surface area contributed by atoms with Crippen LogP contribution in [-0.2, 0) is 6.54 Å². The van der Waals surface area contributed by atoms with Crippen LogP contribution >= 0.6 is 0 Å². The van der Waals surface area contributed by atoms with Gasteiger partial charge in [0.1, 0.15) is 13.2 Å². The van der Waals surface area contributed by atoms with Gasteiger partial charge < -0.3 is 29.0 Å². The van der Waals surface area contributed by atoms with Crippen molar-refractivity contribution in [2.45, 2.75) is 6.54 Å². The number of nitrogens with one attached hydrogen (secondary N) is 2. The number of carbonyl (C=O) groups excluding carboxylic acids is 1. The van der Waals surface area contributed by atoms with E-state index in [1.54, 1.807) is 36.7 Å². The summed E-state index contributed by atoms with van der Waals surface area (Å²) in [7, 11) is 4.48. The molecule has 1 aliphatic rings. The fraction of sp³-hybridized carbons (Fsp3) is 0.240. The Hall–Kier alpha value is -4.47. The van der Waals surface area contributed by atoms with Gasteiger partial charge in [0.2, 0.25) is 11.7 Å². The molecule has 4 rings (SSSR count). The molecule has 0 unspecified atom stereocenters. The summed E-state index contributed by atoms with van der Waals surface area (Å²) in [5.41, 5.74) is 1.91. The van der Waals surface area contributed by atoms with Gasteiger partial charge in [-0.2, -0.15) is 0 Å². The van der Waals surface area contributed by atoms with E-state index in [9.17, 15) is 4.79 Å². The summed E-state index contributed by atoms with van der Waals surface area (Å²) in [5.74, 6) is 2.25. The molecule has 0 atom stereocenters. The first-order chi connectivity index (χ1) is 17.1. The van der Waals surface area contributed by atoms with Gasteiger partial charge in [-0.05, 0) is 42.0 Å². The van der Waals surface area contributed by atoms with Crippen LogP contribution in [-0.4, -0.2) is 51.4 Å². The lowest BCUT2D eigenvalue weighted by molar-refractivity contribution is 0.0976. The third kappa shape index (κ3) is 5.72. The van der Waals surface area contributed by atoms with E-state index in [0.717, 1.165) is 5.56 Å². The minimum atomic E-state index is -0.414. The van der Waals surface area contributed by atoms with Crippen LogP contribution < -0.4 is 34.3 Å². The average Bonchev–Trinajstić information content (AvgIpc) is 2.91.